The van der Waals surface area contributed by atoms with Gasteiger partial charge >= 0.3 is 11.9 Å². The van der Waals surface area contributed by atoms with Gasteiger partial charge in [0.2, 0.25) is 0 Å². The molecule has 1 aromatic carbocycles. The zero-order chi connectivity index (χ0) is 14.6. The van der Waals surface area contributed by atoms with Crippen LogP contribution in [0.4, 0.5) is 0 Å². The summed E-state index contributed by atoms with van der Waals surface area (Å²) in [5.41, 5.74) is 3.33. The molecular formula is C15H21NO3. The fourth-order valence-corrected chi connectivity index (χ4v) is 1.73. The molecule has 19 heavy (non-hydrogen) atoms. The summed E-state index contributed by atoms with van der Waals surface area (Å²) >= 11 is 0. The lowest BCUT2D eigenvalue weighted by molar-refractivity contribution is -0.152. The van der Waals surface area contributed by atoms with Crippen LogP contribution in [0.15, 0.2) is 18.2 Å². The van der Waals surface area contributed by atoms with Crippen LogP contribution in [0.2, 0.25) is 0 Å². The molecule has 0 radical (unpaired) electrons. The second-order valence-electron chi connectivity index (χ2n) is 5.36. The van der Waals surface area contributed by atoms with Crippen molar-refractivity contribution in [2.45, 2.75) is 33.1 Å². The Labute approximate surface area is 114 Å². The van der Waals surface area contributed by atoms with Crippen molar-refractivity contribution >= 4 is 11.9 Å². The van der Waals surface area contributed by atoms with E-state index in [1.54, 1.807) is 0 Å². The van der Waals surface area contributed by atoms with E-state index in [4.69, 9.17) is 0 Å². The second-order valence-corrected chi connectivity index (χ2v) is 5.36. The Morgan fingerprint density at radius 3 is 2.37 bits per heavy atom. The fourth-order valence-electron chi connectivity index (χ4n) is 1.73. The zero-order valence-electron chi connectivity index (χ0n) is 12.2. The van der Waals surface area contributed by atoms with Gasteiger partial charge in [-0.1, -0.05) is 32.0 Å². The highest BCUT2D eigenvalue weighted by Crippen LogP contribution is 2.24. The van der Waals surface area contributed by atoms with Gasteiger partial charge in [0.25, 0.3) is 0 Å². The van der Waals surface area contributed by atoms with Gasteiger partial charge in [0.05, 0.1) is 7.11 Å². The molecule has 0 saturated carbocycles. The smallest absolute Gasteiger partial charge is 0.396 e. The first-order chi connectivity index (χ1) is 8.77. The van der Waals surface area contributed by atoms with E-state index in [1.807, 2.05) is 19.9 Å². The average Bonchev–Trinajstić information content (AvgIpc) is 2.38. The Hall–Kier alpha value is -1.84. The molecule has 1 amide bonds. The molecule has 0 aromatic heterocycles. The summed E-state index contributed by atoms with van der Waals surface area (Å²) in [5.74, 6) is -1.57. The van der Waals surface area contributed by atoms with Crippen LogP contribution in [-0.2, 0) is 19.7 Å². The van der Waals surface area contributed by atoms with Crippen molar-refractivity contribution < 1.29 is 14.3 Å². The summed E-state index contributed by atoms with van der Waals surface area (Å²) in [5, 5.41) is 2.59. The Morgan fingerprint density at radius 1 is 1.21 bits per heavy atom. The molecule has 1 N–H and O–H groups in total. The van der Waals surface area contributed by atoms with E-state index in [1.165, 1.54) is 18.2 Å². The molecule has 0 aliphatic carbocycles. The Morgan fingerprint density at radius 2 is 1.84 bits per heavy atom. The predicted molar refractivity (Wildman–Crippen MR) is 74.0 cm³/mol. The van der Waals surface area contributed by atoms with Crippen molar-refractivity contribution in [3.63, 3.8) is 0 Å². The molecule has 0 aliphatic heterocycles. The van der Waals surface area contributed by atoms with E-state index in [0.717, 1.165) is 5.56 Å². The van der Waals surface area contributed by atoms with Crippen LogP contribution in [0.5, 0.6) is 0 Å². The van der Waals surface area contributed by atoms with Crippen molar-refractivity contribution in [3.05, 3.63) is 34.9 Å². The van der Waals surface area contributed by atoms with E-state index in [-0.39, 0.29) is 5.41 Å². The highest BCUT2D eigenvalue weighted by Gasteiger charge is 2.23. The zero-order valence-corrected chi connectivity index (χ0v) is 12.2. The normalized spacial score (nSPS) is 11.0. The van der Waals surface area contributed by atoms with Gasteiger partial charge in [-0.3, -0.25) is 4.79 Å². The van der Waals surface area contributed by atoms with E-state index in [2.05, 4.69) is 36.0 Å². The van der Waals surface area contributed by atoms with Crippen LogP contribution in [0, 0.1) is 13.8 Å². The van der Waals surface area contributed by atoms with Crippen molar-refractivity contribution in [3.8, 4) is 0 Å². The molecule has 1 aromatic rings. The Kier molecular flexibility index (Phi) is 4.70. The molecule has 0 atom stereocenters. The standard InChI is InChI=1S/C15H21NO3/c1-10-6-7-12(8-11(10)2)15(3,4)9-16-13(17)14(18)19-5/h6-8H,9H2,1-5H3,(H,16,17). The topological polar surface area (TPSA) is 55.4 Å². The highest BCUT2D eigenvalue weighted by molar-refractivity contribution is 6.32. The summed E-state index contributed by atoms with van der Waals surface area (Å²) in [6.07, 6.45) is 0. The number of hydrogen-bond donors (Lipinski definition) is 1. The van der Waals surface area contributed by atoms with Gasteiger partial charge in [-0.25, -0.2) is 4.79 Å². The first-order valence-electron chi connectivity index (χ1n) is 6.22. The molecule has 0 aliphatic rings. The molecule has 0 fully saturated rings. The molecule has 4 heteroatoms. The number of rotatable bonds is 3. The number of aryl methyl sites for hydroxylation is 2. The number of amides is 1. The van der Waals surface area contributed by atoms with Crippen molar-refractivity contribution in [1.29, 1.82) is 0 Å². The molecule has 0 bridgehead atoms. The van der Waals surface area contributed by atoms with Crippen LogP contribution >= 0.6 is 0 Å². The Balaban J connectivity index is 2.78. The summed E-state index contributed by atoms with van der Waals surface area (Å²) in [6.45, 7) is 8.54. The predicted octanol–water partition coefficient (Wildman–Crippen LogP) is 1.87. The van der Waals surface area contributed by atoms with E-state index < -0.39 is 11.9 Å². The molecule has 4 nitrogen and oxygen atoms in total. The number of methoxy groups -OCH3 is 1. The average molecular weight is 263 g/mol. The number of hydrogen-bond acceptors (Lipinski definition) is 3. The van der Waals surface area contributed by atoms with Crippen LogP contribution in [-0.4, -0.2) is 25.5 Å². The van der Waals surface area contributed by atoms with Crippen molar-refractivity contribution in [2.75, 3.05) is 13.7 Å². The number of carbonyl (C=O) groups is 2. The van der Waals surface area contributed by atoms with Crippen molar-refractivity contribution in [2.24, 2.45) is 0 Å². The van der Waals surface area contributed by atoms with Crippen LogP contribution < -0.4 is 5.32 Å². The molecule has 0 saturated heterocycles. The maximum atomic E-state index is 11.4. The van der Waals surface area contributed by atoms with E-state index in [0.29, 0.717) is 6.54 Å². The van der Waals surface area contributed by atoms with E-state index in [9.17, 15) is 9.59 Å². The molecule has 0 unspecified atom stereocenters. The maximum absolute atomic E-state index is 11.4. The van der Waals surface area contributed by atoms with Gasteiger partial charge in [0.1, 0.15) is 0 Å². The lowest BCUT2D eigenvalue weighted by Gasteiger charge is -2.26. The minimum Gasteiger partial charge on any atom is -0.462 e. The van der Waals surface area contributed by atoms with Crippen LogP contribution in [0.3, 0.4) is 0 Å². The number of carbonyl (C=O) groups excluding carboxylic acids is 2. The molecule has 104 valence electrons. The summed E-state index contributed by atoms with van der Waals surface area (Å²) in [6, 6.07) is 6.22. The Bertz CT molecular complexity index is 492. The van der Waals surface area contributed by atoms with Gasteiger partial charge in [-0.05, 0) is 30.5 Å². The molecule has 1 rings (SSSR count). The molecule has 0 spiro atoms. The third kappa shape index (κ3) is 3.81. The van der Waals surface area contributed by atoms with Crippen LogP contribution in [0.1, 0.15) is 30.5 Å². The van der Waals surface area contributed by atoms with Gasteiger partial charge in [-0.2, -0.15) is 0 Å². The lowest BCUT2D eigenvalue weighted by atomic mass is 9.83. The van der Waals surface area contributed by atoms with Gasteiger partial charge in [0.15, 0.2) is 0 Å². The minimum absolute atomic E-state index is 0.248. The third-order valence-electron chi connectivity index (χ3n) is 3.35. The van der Waals surface area contributed by atoms with Crippen molar-refractivity contribution in [1.82, 2.24) is 5.32 Å². The summed E-state index contributed by atoms with van der Waals surface area (Å²) in [7, 11) is 1.19. The first-order valence-corrected chi connectivity index (χ1v) is 6.22. The second kappa shape index (κ2) is 5.87. The number of nitrogens with one attached hydrogen (secondary N) is 1. The fraction of sp³-hybridized carbons (Fsp3) is 0.467. The maximum Gasteiger partial charge on any atom is 0.396 e. The minimum atomic E-state index is -0.865. The monoisotopic (exact) mass is 263 g/mol. The number of benzene rings is 1. The van der Waals surface area contributed by atoms with Gasteiger partial charge in [-0.15, -0.1) is 0 Å². The first kappa shape index (κ1) is 15.2. The van der Waals surface area contributed by atoms with Gasteiger partial charge in [0, 0.05) is 12.0 Å². The molecular weight excluding hydrogens is 242 g/mol. The van der Waals surface area contributed by atoms with E-state index >= 15 is 0 Å². The van der Waals surface area contributed by atoms with Gasteiger partial charge < -0.3 is 10.1 Å². The summed E-state index contributed by atoms with van der Waals surface area (Å²) < 4.78 is 4.37. The lowest BCUT2D eigenvalue weighted by Crippen LogP contribution is -2.40. The highest BCUT2D eigenvalue weighted by atomic mass is 16.5. The molecule has 0 heterocycles. The quantitative estimate of drug-likeness (QED) is 0.669. The van der Waals surface area contributed by atoms with Crippen LogP contribution in [0.25, 0.3) is 0 Å². The number of ether oxygens (including phenoxy) is 1. The largest absolute Gasteiger partial charge is 0.462 e. The number of esters is 1. The SMILES string of the molecule is COC(=O)C(=O)NCC(C)(C)c1ccc(C)c(C)c1. The summed E-state index contributed by atoms with van der Waals surface area (Å²) in [4.78, 5) is 22.4. The third-order valence-corrected chi connectivity index (χ3v) is 3.35.